The van der Waals surface area contributed by atoms with E-state index in [2.05, 4.69) is 10.3 Å². The minimum Gasteiger partial charge on any atom is -0.437 e. The highest BCUT2D eigenvalue weighted by Crippen LogP contribution is 2.38. The lowest BCUT2D eigenvalue weighted by atomic mass is 9.96. The van der Waals surface area contributed by atoms with E-state index >= 15 is 0 Å². The molecule has 1 aromatic heterocycles. The van der Waals surface area contributed by atoms with Crippen LogP contribution in [0.1, 0.15) is 32.2 Å². The highest BCUT2D eigenvalue weighted by atomic mass is 32.2. The summed E-state index contributed by atoms with van der Waals surface area (Å²) in [5.74, 6) is 0.371. The average molecular weight is 359 g/mol. The summed E-state index contributed by atoms with van der Waals surface area (Å²) in [7, 11) is 0. The van der Waals surface area contributed by atoms with Crippen molar-refractivity contribution >= 4 is 35.0 Å². The van der Waals surface area contributed by atoms with Crippen LogP contribution in [-0.4, -0.2) is 27.6 Å². The van der Waals surface area contributed by atoms with Crippen LogP contribution in [0, 0.1) is 13.8 Å². The van der Waals surface area contributed by atoms with Crippen LogP contribution in [0.4, 0.5) is 11.4 Å². The van der Waals surface area contributed by atoms with Crippen molar-refractivity contribution in [2.45, 2.75) is 50.6 Å². The first-order valence-electron chi connectivity index (χ1n) is 8.07. The molecule has 0 saturated heterocycles. The van der Waals surface area contributed by atoms with Crippen molar-refractivity contribution in [1.29, 1.82) is 0 Å². The van der Waals surface area contributed by atoms with Gasteiger partial charge in [-0.25, -0.2) is 4.98 Å². The molecule has 25 heavy (non-hydrogen) atoms. The monoisotopic (exact) mass is 359 g/mol. The van der Waals surface area contributed by atoms with E-state index in [-0.39, 0.29) is 11.8 Å². The minimum atomic E-state index is -0.983. The van der Waals surface area contributed by atoms with Gasteiger partial charge in [0.2, 0.25) is 11.8 Å². The summed E-state index contributed by atoms with van der Waals surface area (Å²) in [5.41, 5.74) is 1.16. The second-order valence-corrected chi connectivity index (χ2v) is 7.88. The number of fused-ring (bicyclic) bond motifs is 1. The number of benzene rings is 1. The maximum absolute atomic E-state index is 13.2. The molecule has 0 spiro atoms. The van der Waals surface area contributed by atoms with E-state index in [1.165, 1.54) is 11.8 Å². The van der Waals surface area contributed by atoms with Crippen molar-refractivity contribution in [2.24, 2.45) is 0 Å². The third-order valence-electron chi connectivity index (χ3n) is 4.36. The SMILES string of the molecule is Cc1nc(S[C@@H](C)C(=O)N2c3ccccc3NC(=O)C2(C)C)oc1C. The van der Waals surface area contributed by atoms with Crippen LogP contribution in [0.15, 0.2) is 33.9 Å². The first kappa shape index (κ1) is 17.5. The number of para-hydroxylation sites is 2. The molecule has 1 aliphatic rings. The largest absolute Gasteiger partial charge is 0.437 e. The number of rotatable bonds is 3. The predicted octanol–water partition coefficient (Wildman–Crippen LogP) is 3.54. The van der Waals surface area contributed by atoms with Gasteiger partial charge in [-0.15, -0.1) is 0 Å². The fourth-order valence-corrected chi connectivity index (χ4v) is 3.60. The quantitative estimate of drug-likeness (QED) is 0.849. The Morgan fingerprint density at radius 3 is 2.64 bits per heavy atom. The number of anilines is 2. The van der Waals surface area contributed by atoms with E-state index in [1.54, 1.807) is 31.7 Å². The number of nitrogens with zero attached hydrogens (tertiary/aromatic N) is 2. The normalized spacial score (nSPS) is 17.0. The van der Waals surface area contributed by atoms with Crippen LogP contribution in [0.25, 0.3) is 0 Å². The van der Waals surface area contributed by atoms with Crippen LogP contribution in [0.5, 0.6) is 0 Å². The van der Waals surface area contributed by atoms with Crippen molar-refractivity contribution in [3.8, 4) is 0 Å². The third-order valence-corrected chi connectivity index (χ3v) is 5.29. The van der Waals surface area contributed by atoms with Gasteiger partial charge in [-0.2, -0.15) is 0 Å². The molecule has 2 heterocycles. The molecule has 0 saturated carbocycles. The summed E-state index contributed by atoms with van der Waals surface area (Å²) in [4.78, 5) is 31.5. The molecule has 1 atom stereocenters. The summed E-state index contributed by atoms with van der Waals surface area (Å²) in [6, 6.07) is 7.31. The average Bonchev–Trinajstić information content (AvgIpc) is 2.85. The second-order valence-electron chi connectivity index (χ2n) is 6.59. The number of hydrogen-bond acceptors (Lipinski definition) is 5. The van der Waals surface area contributed by atoms with Crippen LogP contribution >= 0.6 is 11.8 Å². The summed E-state index contributed by atoms with van der Waals surface area (Å²) >= 11 is 1.26. The maximum Gasteiger partial charge on any atom is 0.256 e. The summed E-state index contributed by atoms with van der Waals surface area (Å²) in [5, 5.41) is 2.88. The lowest BCUT2D eigenvalue weighted by molar-refractivity contribution is -0.126. The Kier molecular flexibility index (Phi) is 4.36. The van der Waals surface area contributed by atoms with Gasteiger partial charge in [0.25, 0.3) is 5.22 Å². The second kappa shape index (κ2) is 6.22. The van der Waals surface area contributed by atoms with Crippen molar-refractivity contribution in [2.75, 3.05) is 10.2 Å². The highest BCUT2D eigenvalue weighted by Gasteiger charge is 2.44. The zero-order valence-electron chi connectivity index (χ0n) is 14.9. The Hall–Kier alpha value is -2.28. The molecule has 0 radical (unpaired) electrons. The molecule has 132 valence electrons. The van der Waals surface area contributed by atoms with Crippen LogP contribution in [0.2, 0.25) is 0 Å². The van der Waals surface area contributed by atoms with Gasteiger partial charge in [-0.3, -0.25) is 14.5 Å². The predicted molar refractivity (Wildman–Crippen MR) is 97.9 cm³/mol. The standard InChI is InChI=1S/C18H21N3O3S/c1-10-11(2)24-17(19-10)25-12(3)15(22)21-14-9-7-6-8-13(14)20-16(23)18(21,4)5/h6-9,12H,1-5H3,(H,20,23)/t12-/m0/s1. The molecule has 0 bridgehead atoms. The number of carbonyl (C=O) groups is 2. The highest BCUT2D eigenvalue weighted by molar-refractivity contribution is 8.00. The zero-order valence-corrected chi connectivity index (χ0v) is 15.7. The van der Waals surface area contributed by atoms with E-state index in [9.17, 15) is 9.59 Å². The molecule has 6 nitrogen and oxygen atoms in total. The van der Waals surface area contributed by atoms with Crippen molar-refractivity contribution in [3.63, 3.8) is 0 Å². The summed E-state index contributed by atoms with van der Waals surface area (Å²) < 4.78 is 5.57. The van der Waals surface area contributed by atoms with Gasteiger partial charge in [0.15, 0.2) is 0 Å². The fourth-order valence-electron chi connectivity index (χ4n) is 2.72. The summed E-state index contributed by atoms with van der Waals surface area (Å²) in [6.07, 6.45) is 0. The Morgan fingerprint density at radius 2 is 2.00 bits per heavy atom. The molecule has 3 rings (SSSR count). The van der Waals surface area contributed by atoms with Gasteiger partial charge in [-0.1, -0.05) is 23.9 Å². The Bertz CT molecular complexity index is 824. The third kappa shape index (κ3) is 3.04. The van der Waals surface area contributed by atoms with Crippen molar-refractivity contribution < 1.29 is 14.0 Å². The molecule has 0 aliphatic carbocycles. The van der Waals surface area contributed by atoms with Crippen LogP contribution < -0.4 is 10.2 Å². The van der Waals surface area contributed by atoms with Crippen LogP contribution in [0.3, 0.4) is 0 Å². The van der Waals surface area contributed by atoms with Gasteiger partial charge in [-0.05, 0) is 46.8 Å². The Balaban J connectivity index is 1.92. The van der Waals surface area contributed by atoms with Gasteiger partial charge in [0, 0.05) is 0 Å². The summed E-state index contributed by atoms with van der Waals surface area (Å²) in [6.45, 7) is 8.99. The van der Waals surface area contributed by atoms with Crippen molar-refractivity contribution in [3.05, 3.63) is 35.7 Å². The van der Waals surface area contributed by atoms with Gasteiger partial charge in [0.1, 0.15) is 11.3 Å². The smallest absolute Gasteiger partial charge is 0.256 e. The number of nitrogens with one attached hydrogen (secondary N) is 1. The Labute approximate surface area is 151 Å². The van der Waals surface area contributed by atoms with E-state index in [4.69, 9.17) is 4.42 Å². The number of thioether (sulfide) groups is 1. The van der Waals surface area contributed by atoms with E-state index in [0.29, 0.717) is 16.6 Å². The van der Waals surface area contributed by atoms with Gasteiger partial charge < -0.3 is 9.73 Å². The molecular formula is C18H21N3O3S. The minimum absolute atomic E-state index is 0.161. The lowest BCUT2D eigenvalue weighted by Crippen LogP contribution is -2.60. The molecule has 0 fully saturated rings. The lowest BCUT2D eigenvalue weighted by Gasteiger charge is -2.42. The number of aryl methyl sites for hydroxylation is 2. The Morgan fingerprint density at radius 1 is 1.32 bits per heavy atom. The molecule has 7 heteroatoms. The fraction of sp³-hybridized carbons (Fsp3) is 0.389. The number of oxazole rings is 1. The molecule has 2 aromatic rings. The van der Waals surface area contributed by atoms with E-state index < -0.39 is 10.8 Å². The number of amides is 2. The first-order valence-corrected chi connectivity index (χ1v) is 8.95. The van der Waals surface area contributed by atoms with Gasteiger partial charge >= 0.3 is 0 Å². The molecule has 0 unspecified atom stereocenters. The molecule has 1 aromatic carbocycles. The van der Waals surface area contributed by atoms with E-state index in [1.807, 2.05) is 32.0 Å². The number of aromatic nitrogens is 1. The zero-order chi connectivity index (χ0) is 18.4. The molecule has 1 N–H and O–H groups in total. The first-order chi connectivity index (χ1) is 11.7. The molecular weight excluding hydrogens is 338 g/mol. The molecule has 2 amide bonds. The van der Waals surface area contributed by atoms with E-state index in [0.717, 1.165) is 11.5 Å². The topological polar surface area (TPSA) is 75.4 Å². The van der Waals surface area contributed by atoms with Crippen LogP contribution in [-0.2, 0) is 9.59 Å². The maximum atomic E-state index is 13.2. The number of hydrogen-bond donors (Lipinski definition) is 1. The number of carbonyl (C=O) groups excluding carboxylic acids is 2. The molecule has 1 aliphatic heterocycles. The van der Waals surface area contributed by atoms with Gasteiger partial charge in [0.05, 0.1) is 22.3 Å². The van der Waals surface area contributed by atoms with Crippen molar-refractivity contribution in [1.82, 2.24) is 4.98 Å².